The van der Waals surface area contributed by atoms with Crippen LogP contribution in [0.5, 0.6) is 0 Å². The second-order valence-corrected chi connectivity index (χ2v) is 4.31. The van der Waals surface area contributed by atoms with E-state index in [4.69, 9.17) is 27.6 Å². The SMILES string of the molecule is Clc1ccc(-c2nc3cnccc3o2)cc1Cl. The van der Waals surface area contributed by atoms with Crippen LogP contribution >= 0.6 is 23.2 Å². The molecule has 0 spiro atoms. The summed E-state index contributed by atoms with van der Waals surface area (Å²) in [5.74, 6) is 0.506. The number of hydrogen-bond donors (Lipinski definition) is 0. The Morgan fingerprint density at radius 3 is 2.71 bits per heavy atom. The van der Waals surface area contributed by atoms with Gasteiger partial charge in [-0.1, -0.05) is 23.2 Å². The minimum Gasteiger partial charge on any atom is -0.436 e. The lowest BCUT2D eigenvalue weighted by atomic mass is 10.2. The van der Waals surface area contributed by atoms with E-state index in [2.05, 4.69) is 9.97 Å². The molecular weight excluding hydrogens is 259 g/mol. The number of halogens is 2. The summed E-state index contributed by atoms with van der Waals surface area (Å²) >= 11 is 11.8. The van der Waals surface area contributed by atoms with E-state index in [0.29, 0.717) is 27.0 Å². The number of hydrogen-bond acceptors (Lipinski definition) is 3. The molecule has 3 aromatic rings. The van der Waals surface area contributed by atoms with Crippen LogP contribution in [-0.2, 0) is 0 Å². The molecule has 0 atom stereocenters. The average molecular weight is 265 g/mol. The molecule has 0 unspecified atom stereocenters. The van der Waals surface area contributed by atoms with Crippen molar-refractivity contribution in [1.29, 1.82) is 0 Å². The second kappa shape index (κ2) is 4.02. The van der Waals surface area contributed by atoms with E-state index in [-0.39, 0.29) is 0 Å². The lowest BCUT2D eigenvalue weighted by Gasteiger charge is -1.97. The summed E-state index contributed by atoms with van der Waals surface area (Å²) in [5, 5.41) is 0.984. The van der Waals surface area contributed by atoms with Crippen LogP contribution in [0.3, 0.4) is 0 Å². The molecule has 5 heteroatoms. The summed E-state index contributed by atoms with van der Waals surface area (Å²) < 4.78 is 5.60. The Morgan fingerprint density at radius 2 is 1.94 bits per heavy atom. The van der Waals surface area contributed by atoms with Crippen LogP contribution in [0.15, 0.2) is 41.1 Å². The smallest absolute Gasteiger partial charge is 0.227 e. The molecule has 0 radical (unpaired) electrons. The lowest BCUT2D eigenvalue weighted by Crippen LogP contribution is -1.77. The van der Waals surface area contributed by atoms with Gasteiger partial charge in [-0.25, -0.2) is 4.98 Å². The second-order valence-electron chi connectivity index (χ2n) is 3.49. The van der Waals surface area contributed by atoms with E-state index in [0.717, 1.165) is 5.56 Å². The minimum absolute atomic E-state index is 0.476. The third kappa shape index (κ3) is 1.88. The molecule has 0 amide bonds. The lowest BCUT2D eigenvalue weighted by molar-refractivity contribution is 0.619. The van der Waals surface area contributed by atoms with Crippen molar-refractivity contribution in [3.05, 3.63) is 46.7 Å². The highest BCUT2D eigenvalue weighted by molar-refractivity contribution is 6.42. The molecule has 0 aliphatic rings. The normalized spacial score (nSPS) is 10.9. The van der Waals surface area contributed by atoms with Crippen LogP contribution in [-0.4, -0.2) is 9.97 Å². The van der Waals surface area contributed by atoms with Crippen LogP contribution in [0.1, 0.15) is 0 Å². The first-order valence-electron chi connectivity index (χ1n) is 4.90. The summed E-state index contributed by atoms with van der Waals surface area (Å²) in [5.41, 5.74) is 2.20. The van der Waals surface area contributed by atoms with Crippen molar-refractivity contribution in [1.82, 2.24) is 9.97 Å². The minimum atomic E-state index is 0.476. The zero-order valence-electron chi connectivity index (χ0n) is 8.52. The van der Waals surface area contributed by atoms with Crippen molar-refractivity contribution >= 4 is 34.3 Å². The van der Waals surface area contributed by atoms with Crippen molar-refractivity contribution < 1.29 is 4.42 Å². The highest BCUT2D eigenvalue weighted by Gasteiger charge is 2.09. The van der Waals surface area contributed by atoms with Crippen LogP contribution in [0.4, 0.5) is 0 Å². The number of pyridine rings is 1. The van der Waals surface area contributed by atoms with Crippen molar-refractivity contribution in [3.63, 3.8) is 0 Å². The fraction of sp³-hybridized carbons (Fsp3) is 0. The zero-order chi connectivity index (χ0) is 11.8. The first kappa shape index (κ1) is 10.6. The van der Waals surface area contributed by atoms with Gasteiger partial charge < -0.3 is 4.42 Å². The number of aromatic nitrogens is 2. The van der Waals surface area contributed by atoms with Gasteiger partial charge in [0.1, 0.15) is 5.52 Å². The molecule has 2 heterocycles. The largest absolute Gasteiger partial charge is 0.436 e. The topological polar surface area (TPSA) is 38.9 Å². The summed E-state index contributed by atoms with van der Waals surface area (Å²) in [6, 6.07) is 7.02. The van der Waals surface area contributed by atoms with Gasteiger partial charge in [0, 0.05) is 17.8 Å². The third-order valence-corrected chi connectivity index (χ3v) is 3.10. The van der Waals surface area contributed by atoms with E-state index in [1.807, 2.05) is 6.07 Å². The van der Waals surface area contributed by atoms with Crippen LogP contribution < -0.4 is 0 Å². The van der Waals surface area contributed by atoms with Crippen molar-refractivity contribution in [3.8, 4) is 11.5 Å². The maximum atomic E-state index is 5.95. The van der Waals surface area contributed by atoms with Crippen LogP contribution in [0.25, 0.3) is 22.6 Å². The Morgan fingerprint density at radius 1 is 1.06 bits per heavy atom. The van der Waals surface area contributed by atoms with E-state index in [9.17, 15) is 0 Å². The van der Waals surface area contributed by atoms with Crippen molar-refractivity contribution in [2.24, 2.45) is 0 Å². The predicted octanol–water partition coefficient (Wildman–Crippen LogP) is 4.20. The molecular formula is C12H6Cl2N2O. The van der Waals surface area contributed by atoms with E-state index < -0.39 is 0 Å². The van der Waals surface area contributed by atoms with E-state index >= 15 is 0 Å². The fourth-order valence-electron chi connectivity index (χ4n) is 1.53. The average Bonchev–Trinajstić information content (AvgIpc) is 2.76. The van der Waals surface area contributed by atoms with E-state index in [1.165, 1.54) is 0 Å². The Hall–Kier alpha value is -1.58. The maximum absolute atomic E-state index is 5.95. The van der Waals surface area contributed by atoms with Crippen LogP contribution in [0, 0.1) is 0 Å². The molecule has 0 aliphatic heterocycles. The number of benzene rings is 1. The molecule has 0 bridgehead atoms. The monoisotopic (exact) mass is 264 g/mol. The number of oxazole rings is 1. The molecule has 3 nitrogen and oxygen atoms in total. The van der Waals surface area contributed by atoms with Gasteiger partial charge in [-0.3, -0.25) is 4.98 Å². The molecule has 2 aromatic heterocycles. The number of rotatable bonds is 1. The molecule has 1 aromatic carbocycles. The molecule has 84 valence electrons. The van der Waals surface area contributed by atoms with Gasteiger partial charge in [0.05, 0.1) is 16.2 Å². The van der Waals surface area contributed by atoms with Crippen LogP contribution in [0.2, 0.25) is 10.0 Å². The summed E-state index contributed by atoms with van der Waals surface area (Å²) in [6.07, 6.45) is 3.31. The molecule has 0 saturated carbocycles. The number of fused-ring (bicyclic) bond motifs is 1. The van der Waals surface area contributed by atoms with Gasteiger partial charge in [0.2, 0.25) is 5.89 Å². The Bertz CT molecular complexity index is 661. The standard InChI is InChI=1S/C12H6Cl2N2O/c13-8-2-1-7(5-9(8)14)12-16-10-6-15-4-3-11(10)17-12/h1-6H. The van der Waals surface area contributed by atoms with Gasteiger partial charge in [-0.2, -0.15) is 0 Å². The van der Waals surface area contributed by atoms with E-state index in [1.54, 1.807) is 30.6 Å². The number of nitrogens with zero attached hydrogens (tertiary/aromatic N) is 2. The predicted molar refractivity (Wildman–Crippen MR) is 67.3 cm³/mol. The molecule has 0 aliphatic carbocycles. The molecule has 3 rings (SSSR count). The third-order valence-electron chi connectivity index (χ3n) is 2.36. The molecule has 0 saturated heterocycles. The van der Waals surface area contributed by atoms with Gasteiger partial charge in [0.15, 0.2) is 5.58 Å². The molecule has 0 N–H and O–H groups in total. The highest BCUT2D eigenvalue weighted by atomic mass is 35.5. The van der Waals surface area contributed by atoms with Crippen molar-refractivity contribution in [2.45, 2.75) is 0 Å². The quantitative estimate of drug-likeness (QED) is 0.662. The van der Waals surface area contributed by atoms with Gasteiger partial charge in [0.25, 0.3) is 0 Å². The maximum Gasteiger partial charge on any atom is 0.227 e. The Labute approximate surface area is 107 Å². The zero-order valence-corrected chi connectivity index (χ0v) is 10.0. The highest BCUT2D eigenvalue weighted by Crippen LogP contribution is 2.29. The molecule has 0 fully saturated rings. The summed E-state index contributed by atoms with van der Waals surface area (Å²) in [7, 11) is 0. The first-order chi connectivity index (χ1) is 8.24. The first-order valence-corrected chi connectivity index (χ1v) is 5.65. The van der Waals surface area contributed by atoms with Gasteiger partial charge in [-0.15, -0.1) is 0 Å². The molecule has 17 heavy (non-hydrogen) atoms. The Balaban J connectivity index is 2.17. The fourth-order valence-corrected chi connectivity index (χ4v) is 1.83. The van der Waals surface area contributed by atoms with Gasteiger partial charge >= 0.3 is 0 Å². The van der Waals surface area contributed by atoms with Gasteiger partial charge in [-0.05, 0) is 18.2 Å². The van der Waals surface area contributed by atoms with Crippen molar-refractivity contribution in [2.75, 3.05) is 0 Å². The Kier molecular flexibility index (Phi) is 2.50. The summed E-state index contributed by atoms with van der Waals surface area (Å²) in [4.78, 5) is 8.30. The summed E-state index contributed by atoms with van der Waals surface area (Å²) in [6.45, 7) is 0.